The number of nitrogens with one attached hydrogen (secondary N) is 1. The Balaban J connectivity index is 1.74. The molecule has 1 N–H and O–H groups in total. The summed E-state index contributed by atoms with van der Waals surface area (Å²) >= 11 is 6.15. The van der Waals surface area contributed by atoms with Crippen molar-refractivity contribution in [2.45, 2.75) is 20.8 Å². The minimum Gasteiger partial charge on any atom is -0.495 e. The Kier molecular flexibility index (Phi) is 7.98. The zero-order chi connectivity index (χ0) is 25.7. The molecule has 3 aromatic rings. The van der Waals surface area contributed by atoms with Gasteiger partial charge in [-0.2, -0.15) is 0 Å². The summed E-state index contributed by atoms with van der Waals surface area (Å²) in [5, 5.41) is 14.3. The zero-order valence-electron chi connectivity index (χ0n) is 19.6. The van der Waals surface area contributed by atoms with Gasteiger partial charge in [-0.25, -0.2) is 4.79 Å². The lowest BCUT2D eigenvalue weighted by Gasteiger charge is -2.14. The molecule has 0 saturated heterocycles. The largest absolute Gasteiger partial charge is 0.495 e. The van der Waals surface area contributed by atoms with Gasteiger partial charge in [0.1, 0.15) is 17.2 Å². The van der Waals surface area contributed by atoms with Crippen LogP contribution in [0.3, 0.4) is 0 Å². The second-order valence-electron chi connectivity index (χ2n) is 7.43. The van der Waals surface area contributed by atoms with Crippen LogP contribution >= 0.6 is 11.6 Å². The van der Waals surface area contributed by atoms with E-state index in [4.69, 9.17) is 25.8 Å². The molecule has 11 heteroatoms. The number of carbonyl (C=O) groups is 2. The van der Waals surface area contributed by atoms with Gasteiger partial charge in [-0.3, -0.25) is 14.9 Å². The molecule has 10 nitrogen and oxygen atoms in total. The molecule has 0 unspecified atom stereocenters. The van der Waals surface area contributed by atoms with E-state index in [1.54, 1.807) is 42.7 Å². The third-order valence-electron chi connectivity index (χ3n) is 5.12. The number of aryl methyl sites for hydroxylation is 1. The van der Waals surface area contributed by atoms with Crippen LogP contribution in [0.15, 0.2) is 42.5 Å². The third-order valence-corrected chi connectivity index (χ3v) is 5.35. The van der Waals surface area contributed by atoms with Gasteiger partial charge in [0.05, 0.1) is 36.0 Å². The molecule has 0 radical (unpaired) electrons. The molecule has 0 atom stereocenters. The van der Waals surface area contributed by atoms with Crippen molar-refractivity contribution in [2.75, 3.05) is 25.6 Å². The predicted octanol–water partition coefficient (Wildman–Crippen LogP) is 4.86. The van der Waals surface area contributed by atoms with E-state index in [0.29, 0.717) is 34.5 Å². The molecule has 2 aromatic carbocycles. The number of amides is 1. The molecule has 0 aliphatic rings. The number of nitrogens with zero attached hydrogens (tertiary/aromatic N) is 2. The van der Waals surface area contributed by atoms with E-state index in [9.17, 15) is 19.7 Å². The molecule has 1 amide bonds. The number of nitro groups is 1. The number of hydrogen-bond acceptors (Lipinski definition) is 7. The van der Waals surface area contributed by atoms with Crippen molar-refractivity contribution >= 4 is 34.9 Å². The normalized spacial score (nSPS) is 10.5. The van der Waals surface area contributed by atoms with E-state index in [-0.39, 0.29) is 16.9 Å². The summed E-state index contributed by atoms with van der Waals surface area (Å²) in [6.07, 6.45) is 0. The second-order valence-corrected chi connectivity index (χ2v) is 7.87. The van der Waals surface area contributed by atoms with Gasteiger partial charge in [-0.15, -0.1) is 0 Å². The van der Waals surface area contributed by atoms with Crippen LogP contribution in [0, 0.1) is 24.0 Å². The Bertz CT molecular complexity index is 1290. The molecule has 3 rings (SSSR count). The first-order chi connectivity index (χ1) is 16.7. The van der Waals surface area contributed by atoms with Crippen LogP contribution in [0.2, 0.25) is 5.02 Å². The highest BCUT2D eigenvalue weighted by Gasteiger charge is 2.22. The third kappa shape index (κ3) is 5.72. The Labute approximate surface area is 206 Å². The monoisotopic (exact) mass is 501 g/mol. The molecule has 184 valence electrons. The number of ether oxygens (including phenoxy) is 3. The maximum Gasteiger partial charge on any atom is 0.340 e. The van der Waals surface area contributed by atoms with Crippen LogP contribution in [0.1, 0.15) is 28.7 Å². The summed E-state index contributed by atoms with van der Waals surface area (Å²) in [4.78, 5) is 35.8. The lowest BCUT2D eigenvalue weighted by Crippen LogP contribution is -2.21. The topological polar surface area (TPSA) is 122 Å². The van der Waals surface area contributed by atoms with Crippen LogP contribution in [0.4, 0.5) is 11.4 Å². The number of anilines is 1. The summed E-state index contributed by atoms with van der Waals surface area (Å²) in [7, 11) is 1.53. The molecular weight excluding hydrogens is 478 g/mol. The average Bonchev–Trinajstić information content (AvgIpc) is 3.12. The summed E-state index contributed by atoms with van der Waals surface area (Å²) in [5.74, 6) is -0.583. The van der Waals surface area contributed by atoms with Crippen molar-refractivity contribution in [3.63, 3.8) is 0 Å². The van der Waals surface area contributed by atoms with Gasteiger partial charge < -0.3 is 24.1 Å². The maximum absolute atomic E-state index is 12.7. The Morgan fingerprint density at radius 2 is 1.89 bits per heavy atom. The minimum atomic E-state index is -0.726. The lowest BCUT2D eigenvalue weighted by atomic mass is 10.2. The van der Waals surface area contributed by atoms with Crippen LogP contribution in [-0.4, -0.2) is 41.7 Å². The fourth-order valence-corrected chi connectivity index (χ4v) is 3.76. The Morgan fingerprint density at radius 3 is 2.54 bits per heavy atom. The average molecular weight is 502 g/mol. The number of rotatable bonds is 9. The lowest BCUT2D eigenvalue weighted by molar-refractivity contribution is -0.384. The van der Waals surface area contributed by atoms with Gasteiger partial charge in [0.25, 0.3) is 11.6 Å². The predicted molar refractivity (Wildman–Crippen MR) is 130 cm³/mol. The van der Waals surface area contributed by atoms with Crippen molar-refractivity contribution in [1.82, 2.24) is 4.57 Å². The van der Waals surface area contributed by atoms with Crippen molar-refractivity contribution < 1.29 is 28.7 Å². The van der Waals surface area contributed by atoms with E-state index >= 15 is 0 Å². The quantitative estimate of drug-likeness (QED) is 0.252. The molecule has 1 aromatic heterocycles. The number of nitro benzene ring substituents is 1. The number of benzene rings is 2. The molecule has 35 heavy (non-hydrogen) atoms. The summed E-state index contributed by atoms with van der Waals surface area (Å²) in [5.41, 5.74) is 1.82. The smallest absolute Gasteiger partial charge is 0.340 e. The number of esters is 1. The van der Waals surface area contributed by atoms with E-state index in [1.165, 1.54) is 25.3 Å². The molecule has 0 bridgehead atoms. The van der Waals surface area contributed by atoms with Crippen molar-refractivity contribution in [1.29, 1.82) is 0 Å². The highest BCUT2D eigenvalue weighted by molar-refractivity contribution is 6.30. The van der Waals surface area contributed by atoms with Crippen molar-refractivity contribution in [2.24, 2.45) is 0 Å². The van der Waals surface area contributed by atoms with E-state index < -0.39 is 23.4 Å². The second kappa shape index (κ2) is 10.9. The summed E-state index contributed by atoms with van der Waals surface area (Å²) in [6.45, 7) is 4.99. The van der Waals surface area contributed by atoms with E-state index in [0.717, 1.165) is 5.69 Å². The molecular formula is C24H24ClN3O7. The highest BCUT2D eigenvalue weighted by atomic mass is 35.5. The van der Waals surface area contributed by atoms with Crippen molar-refractivity contribution in [3.8, 4) is 17.2 Å². The van der Waals surface area contributed by atoms with E-state index in [2.05, 4.69) is 5.32 Å². The van der Waals surface area contributed by atoms with Crippen LogP contribution < -0.4 is 14.8 Å². The van der Waals surface area contributed by atoms with Crippen LogP contribution in [0.25, 0.3) is 5.69 Å². The van der Waals surface area contributed by atoms with Gasteiger partial charge in [-0.1, -0.05) is 11.6 Å². The number of hydrogen-bond donors (Lipinski definition) is 1. The van der Waals surface area contributed by atoms with Gasteiger partial charge in [0.15, 0.2) is 6.61 Å². The first kappa shape index (κ1) is 25.6. The number of halogens is 1. The maximum atomic E-state index is 12.7. The molecule has 0 spiro atoms. The van der Waals surface area contributed by atoms with Crippen molar-refractivity contribution in [3.05, 3.63) is 74.6 Å². The number of methoxy groups -OCH3 is 1. The highest BCUT2D eigenvalue weighted by Crippen LogP contribution is 2.31. The SMILES string of the molecule is CCOc1ccc(NC(=O)COC(=O)c2cc(C)n(-c3cc(Cl)ccc3OC)c2C)c([N+](=O)[O-])c1. The minimum absolute atomic E-state index is 0.0364. The number of carbonyl (C=O) groups excluding carboxylic acids is 2. The fourth-order valence-electron chi connectivity index (χ4n) is 3.60. The van der Waals surface area contributed by atoms with Gasteiger partial charge >= 0.3 is 5.97 Å². The summed E-state index contributed by atoms with van der Waals surface area (Å²) in [6, 6.07) is 10.8. The summed E-state index contributed by atoms with van der Waals surface area (Å²) < 4.78 is 17.6. The van der Waals surface area contributed by atoms with Gasteiger partial charge in [0, 0.05) is 16.4 Å². The molecule has 0 aliphatic carbocycles. The van der Waals surface area contributed by atoms with Crippen LogP contribution in [0.5, 0.6) is 11.5 Å². The first-order valence-corrected chi connectivity index (χ1v) is 10.9. The van der Waals surface area contributed by atoms with Gasteiger partial charge in [0.2, 0.25) is 0 Å². The number of aromatic nitrogens is 1. The van der Waals surface area contributed by atoms with Gasteiger partial charge in [-0.05, 0) is 57.2 Å². The van der Waals surface area contributed by atoms with Crippen LogP contribution in [-0.2, 0) is 9.53 Å². The molecule has 0 fully saturated rings. The Hall–Kier alpha value is -4.05. The Morgan fingerprint density at radius 1 is 1.14 bits per heavy atom. The zero-order valence-corrected chi connectivity index (χ0v) is 20.3. The molecule has 0 saturated carbocycles. The molecule has 0 aliphatic heterocycles. The first-order valence-electron chi connectivity index (χ1n) is 10.6. The van der Waals surface area contributed by atoms with E-state index in [1.807, 2.05) is 6.92 Å². The molecule has 1 heterocycles. The standard InChI is InChI=1S/C24H24ClN3O7/c1-5-34-17-7-8-19(20(12-17)28(31)32)26-23(29)13-35-24(30)18-10-14(2)27(15(18)3)21-11-16(25)6-9-22(21)33-4/h6-12H,5,13H2,1-4H3,(H,26,29). The fraction of sp³-hybridized carbons (Fsp3) is 0.250.